The van der Waals surface area contributed by atoms with Crippen LogP contribution in [0, 0.1) is 5.82 Å². The molecule has 0 radical (unpaired) electrons. The van der Waals surface area contributed by atoms with Crippen molar-refractivity contribution < 1.29 is 14.0 Å². The molecule has 26 heavy (non-hydrogen) atoms. The van der Waals surface area contributed by atoms with Crippen LogP contribution in [-0.2, 0) is 16.6 Å². The molecular formula is C18H22ClFN4O2. The minimum atomic E-state index is -0.509. The van der Waals surface area contributed by atoms with E-state index in [1.807, 2.05) is 13.1 Å². The van der Waals surface area contributed by atoms with E-state index < -0.39 is 5.92 Å². The molecule has 1 unspecified atom stereocenters. The quantitative estimate of drug-likeness (QED) is 0.782. The normalized spacial score (nSPS) is 21.5. The summed E-state index contributed by atoms with van der Waals surface area (Å²) >= 11 is 0. The van der Waals surface area contributed by atoms with Crippen LogP contribution >= 0.6 is 12.4 Å². The van der Waals surface area contributed by atoms with Gasteiger partial charge in [-0.1, -0.05) is 0 Å². The number of piperidine rings is 2. The monoisotopic (exact) mass is 380 g/mol. The average molecular weight is 381 g/mol. The van der Waals surface area contributed by atoms with Gasteiger partial charge in [-0.15, -0.1) is 12.4 Å². The van der Waals surface area contributed by atoms with Gasteiger partial charge in [0.2, 0.25) is 11.8 Å². The maximum absolute atomic E-state index is 14.8. The number of hydrogen-bond donors (Lipinski definition) is 2. The molecule has 0 spiro atoms. The summed E-state index contributed by atoms with van der Waals surface area (Å²) in [6, 6.07) is 3.39. The van der Waals surface area contributed by atoms with Gasteiger partial charge in [-0.05, 0) is 56.0 Å². The molecule has 2 aliphatic heterocycles. The van der Waals surface area contributed by atoms with E-state index in [1.54, 1.807) is 4.68 Å². The summed E-state index contributed by atoms with van der Waals surface area (Å²) < 4.78 is 16.5. The number of amides is 2. The maximum Gasteiger partial charge on any atom is 0.235 e. The number of carbonyl (C=O) groups is 2. The smallest absolute Gasteiger partial charge is 0.235 e. The lowest BCUT2D eigenvalue weighted by Gasteiger charge is -2.23. The number of aromatic nitrogens is 2. The van der Waals surface area contributed by atoms with E-state index in [0.717, 1.165) is 37.0 Å². The van der Waals surface area contributed by atoms with Gasteiger partial charge in [0.25, 0.3) is 0 Å². The van der Waals surface area contributed by atoms with E-state index in [-0.39, 0.29) is 42.4 Å². The van der Waals surface area contributed by atoms with E-state index >= 15 is 0 Å². The Labute approximate surface area is 156 Å². The van der Waals surface area contributed by atoms with Crippen molar-refractivity contribution in [3.8, 4) is 0 Å². The number of fused-ring (bicyclic) bond motifs is 1. The minimum absolute atomic E-state index is 0. The van der Waals surface area contributed by atoms with Crippen molar-refractivity contribution in [2.75, 3.05) is 13.1 Å². The third kappa shape index (κ3) is 3.21. The van der Waals surface area contributed by atoms with Gasteiger partial charge in [0, 0.05) is 18.9 Å². The summed E-state index contributed by atoms with van der Waals surface area (Å²) in [6.07, 6.45) is 2.53. The highest BCUT2D eigenvalue weighted by Gasteiger charge is 2.32. The molecular weight excluding hydrogens is 359 g/mol. The van der Waals surface area contributed by atoms with Crippen LogP contribution in [0.4, 0.5) is 4.39 Å². The topological polar surface area (TPSA) is 76.0 Å². The molecule has 2 aromatic rings. The number of nitrogens with one attached hydrogen (secondary N) is 2. The zero-order valence-corrected chi connectivity index (χ0v) is 15.4. The zero-order valence-electron chi connectivity index (χ0n) is 14.5. The molecule has 0 bridgehead atoms. The number of halogens is 2. The molecule has 1 aromatic carbocycles. The molecule has 2 N–H and O–H groups in total. The molecule has 1 aromatic heterocycles. The van der Waals surface area contributed by atoms with Crippen molar-refractivity contribution in [2.45, 2.75) is 37.5 Å². The lowest BCUT2D eigenvalue weighted by Crippen LogP contribution is -2.39. The Morgan fingerprint density at radius 3 is 2.62 bits per heavy atom. The molecule has 8 heteroatoms. The maximum atomic E-state index is 14.8. The van der Waals surface area contributed by atoms with Gasteiger partial charge in [0.05, 0.1) is 17.1 Å². The summed E-state index contributed by atoms with van der Waals surface area (Å²) in [5, 5.41) is 10.8. The highest BCUT2D eigenvalue weighted by atomic mass is 35.5. The van der Waals surface area contributed by atoms with Gasteiger partial charge in [-0.3, -0.25) is 19.6 Å². The molecule has 3 heterocycles. The molecule has 0 saturated carbocycles. The van der Waals surface area contributed by atoms with Gasteiger partial charge in [-0.2, -0.15) is 5.10 Å². The summed E-state index contributed by atoms with van der Waals surface area (Å²) in [6.45, 7) is 1.80. The molecule has 2 aliphatic rings. The molecule has 140 valence electrons. The van der Waals surface area contributed by atoms with E-state index in [9.17, 15) is 14.0 Å². The minimum Gasteiger partial charge on any atom is -0.317 e. The van der Waals surface area contributed by atoms with Crippen LogP contribution in [0.5, 0.6) is 0 Å². The summed E-state index contributed by atoms with van der Waals surface area (Å²) in [4.78, 5) is 23.5. The van der Waals surface area contributed by atoms with E-state index in [0.29, 0.717) is 17.5 Å². The number of nitrogens with zero attached hydrogens (tertiary/aromatic N) is 2. The Morgan fingerprint density at radius 2 is 1.92 bits per heavy atom. The fourth-order valence-corrected chi connectivity index (χ4v) is 3.98. The second kappa shape index (κ2) is 7.32. The largest absolute Gasteiger partial charge is 0.317 e. The van der Waals surface area contributed by atoms with Crippen LogP contribution in [0.3, 0.4) is 0 Å². The van der Waals surface area contributed by atoms with E-state index in [4.69, 9.17) is 0 Å². The summed E-state index contributed by atoms with van der Waals surface area (Å²) in [5.41, 5.74) is 2.11. The van der Waals surface area contributed by atoms with Gasteiger partial charge in [-0.25, -0.2) is 4.39 Å². The third-order valence-electron chi connectivity index (χ3n) is 5.35. The molecule has 6 nitrogen and oxygen atoms in total. The van der Waals surface area contributed by atoms with E-state index in [1.165, 1.54) is 6.07 Å². The Bertz CT molecular complexity index is 860. The number of imide groups is 1. The van der Waals surface area contributed by atoms with Crippen LogP contribution in [0.15, 0.2) is 12.1 Å². The highest BCUT2D eigenvalue weighted by Crippen LogP contribution is 2.35. The van der Waals surface area contributed by atoms with Crippen molar-refractivity contribution in [1.29, 1.82) is 0 Å². The first kappa shape index (κ1) is 18.8. The van der Waals surface area contributed by atoms with Gasteiger partial charge >= 0.3 is 0 Å². The Hall–Kier alpha value is -1.99. The van der Waals surface area contributed by atoms with Crippen LogP contribution in [0.1, 0.15) is 48.8 Å². The lowest BCUT2D eigenvalue weighted by molar-refractivity contribution is -0.134. The SMILES string of the molecule is Cl.Cn1nc(C2CCC(=O)NC2=O)c2cc(F)c(C3CCNCC3)cc21. The van der Waals surface area contributed by atoms with Crippen molar-refractivity contribution in [2.24, 2.45) is 7.05 Å². The zero-order chi connectivity index (χ0) is 17.6. The van der Waals surface area contributed by atoms with Gasteiger partial charge in [0.15, 0.2) is 0 Å². The fourth-order valence-electron chi connectivity index (χ4n) is 3.98. The molecule has 2 fully saturated rings. The molecule has 1 atom stereocenters. The van der Waals surface area contributed by atoms with Crippen molar-refractivity contribution in [1.82, 2.24) is 20.4 Å². The standard InChI is InChI=1S/C18H21FN4O2.ClH/c1-23-15-9-12(10-4-6-20-7-5-10)14(19)8-13(15)17(22-23)11-2-3-16(24)21-18(11)25;/h8-11,20H,2-7H2,1H3,(H,21,24,25);1H. The van der Waals surface area contributed by atoms with Crippen LogP contribution in [0.2, 0.25) is 0 Å². The van der Waals surface area contributed by atoms with Gasteiger partial charge in [0.1, 0.15) is 5.82 Å². The Kier molecular flexibility index (Phi) is 5.29. The molecule has 2 saturated heterocycles. The van der Waals surface area contributed by atoms with Crippen LogP contribution < -0.4 is 10.6 Å². The molecule has 0 aliphatic carbocycles. The second-order valence-electron chi connectivity index (χ2n) is 6.93. The van der Waals surface area contributed by atoms with Crippen molar-refractivity contribution >= 4 is 35.1 Å². The molecule has 2 amide bonds. The number of rotatable bonds is 2. The predicted octanol–water partition coefficient (Wildman–Crippen LogP) is 2.12. The number of hydrogen-bond acceptors (Lipinski definition) is 4. The number of carbonyl (C=O) groups excluding carboxylic acids is 2. The van der Waals surface area contributed by atoms with Crippen LogP contribution in [0.25, 0.3) is 10.9 Å². The highest BCUT2D eigenvalue weighted by molar-refractivity contribution is 6.02. The first-order chi connectivity index (χ1) is 12.0. The Balaban J connectivity index is 0.00000196. The van der Waals surface area contributed by atoms with E-state index in [2.05, 4.69) is 15.7 Å². The van der Waals surface area contributed by atoms with Crippen LogP contribution in [-0.4, -0.2) is 34.7 Å². The average Bonchev–Trinajstić information content (AvgIpc) is 2.91. The predicted molar refractivity (Wildman–Crippen MR) is 97.9 cm³/mol. The fraction of sp³-hybridized carbons (Fsp3) is 0.500. The second-order valence-corrected chi connectivity index (χ2v) is 6.93. The number of benzene rings is 1. The van der Waals surface area contributed by atoms with Crippen molar-refractivity contribution in [3.05, 3.63) is 29.2 Å². The van der Waals surface area contributed by atoms with Gasteiger partial charge < -0.3 is 5.32 Å². The Morgan fingerprint density at radius 1 is 1.19 bits per heavy atom. The number of aryl methyl sites for hydroxylation is 1. The lowest BCUT2D eigenvalue weighted by atomic mass is 9.88. The van der Waals surface area contributed by atoms with Crippen molar-refractivity contribution in [3.63, 3.8) is 0 Å². The third-order valence-corrected chi connectivity index (χ3v) is 5.35. The summed E-state index contributed by atoms with van der Waals surface area (Å²) in [7, 11) is 1.81. The molecule has 4 rings (SSSR count). The first-order valence-electron chi connectivity index (χ1n) is 8.75. The summed E-state index contributed by atoms with van der Waals surface area (Å²) in [5.74, 6) is -1.15. The first-order valence-corrected chi connectivity index (χ1v) is 8.75.